The highest BCUT2D eigenvalue weighted by atomic mass is 32.1. The number of carbonyl (C=O) groups is 1. The summed E-state index contributed by atoms with van der Waals surface area (Å²) < 4.78 is 39.3. The number of benzene rings is 1. The summed E-state index contributed by atoms with van der Waals surface area (Å²) in [4.78, 5) is 14.5. The van der Waals surface area contributed by atoms with Crippen LogP contribution in [0.4, 0.5) is 8.78 Å². The van der Waals surface area contributed by atoms with Crippen LogP contribution < -0.4 is 4.74 Å². The summed E-state index contributed by atoms with van der Waals surface area (Å²) in [5.41, 5.74) is -1.80. The maximum atomic E-state index is 13.8. The lowest BCUT2D eigenvalue weighted by molar-refractivity contribution is -0.946. The summed E-state index contributed by atoms with van der Waals surface area (Å²) >= 11 is 2.67. The van der Waals surface area contributed by atoms with Crippen LogP contribution in [0.25, 0.3) is 0 Å². The van der Waals surface area contributed by atoms with Crippen molar-refractivity contribution in [3.8, 4) is 5.75 Å². The van der Waals surface area contributed by atoms with Crippen molar-refractivity contribution in [2.45, 2.75) is 31.0 Å². The maximum Gasteiger partial charge on any atom is 0.349 e. The summed E-state index contributed by atoms with van der Waals surface area (Å²) in [6.07, 6.45) is 2.37. The third-order valence-corrected chi connectivity index (χ3v) is 9.24. The first-order valence-corrected chi connectivity index (χ1v) is 13.6. The molecule has 3 aliphatic heterocycles. The Hall–Kier alpha value is -2.33. The highest BCUT2D eigenvalue weighted by Crippen LogP contribution is 2.40. The van der Waals surface area contributed by atoms with Gasteiger partial charge in [-0.3, -0.25) is 0 Å². The van der Waals surface area contributed by atoms with Gasteiger partial charge in [0, 0.05) is 31.2 Å². The normalized spacial score (nSPS) is 23.9. The molecular weight excluding hydrogens is 492 g/mol. The van der Waals surface area contributed by atoms with Crippen LogP contribution >= 0.6 is 22.7 Å². The molecule has 3 saturated heterocycles. The highest BCUT2D eigenvalue weighted by Gasteiger charge is 2.51. The second kappa shape index (κ2) is 9.97. The van der Waals surface area contributed by atoms with E-state index in [9.17, 15) is 18.7 Å². The lowest BCUT2D eigenvalue weighted by Gasteiger charge is -2.52. The Labute approximate surface area is 211 Å². The smallest absolute Gasteiger partial charge is 0.349 e. The van der Waals surface area contributed by atoms with E-state index in [1.165, 1.54) is 34.8 Å². The number of thiophene rings is 2. The Morgan fingerprint density at radius 1 is 1.09 bits per heavy atom. The van der Waals surface area contributed by atoms with Gasteiger partial charge in [0.25, 0.3) is 0 Å². The summed E-state index contributed by atoms with van der Waals surface area (Å²) in [5, 5.41) is 15.2. The standard InChI is InChI=1S/C26H28F2NO4S2/c27-19-6-7-21(20(28)16-19)32-13-3-10-29-11-8-18(9-12-29)22(17-29)33-25(30)26(31,23-4-1-14-34-23)24-5-2-15-35-24/h1-2,4-7,14-16,18,22,31H,3,8-13,17H2/q+1/t18?,22-,29?/m0/s1. The molecular formula is C26H28F2NO4S2+. The zero-order chi connectivity index (χ0) is 24.5. The number of nitrogens with zero attached hydrogens (tertiary/aromatic N) is 1. The first kappa shape index (κ1) is 24.4. The van der Waals surface area contributed by atoms with Crippen molar-refractivity contribution in [2.75, 3.05) is 32.8 Å². The minimum absolute atomic E-state index is 0.0528. The quantitative estimate of drug-likeness (QED) is 0.247. The molecule has 0 unspecified atom stereocenters. The molecule has 0 aliphatic carbocycles. The zero-order valence-corrected chi connectivity index (χ0v) is 20.8. The molecule has 0 radical (unpaired) electrons. The number of quaternary nitrogens is 1. The van der Waals surface area contributed by atoms with Crippen LogP contribution in [0.3, 0.4) is 0 Å². The van der Waals surface area contributed by atoms with Crippen LogP contribution in [0.15, 0.2) is 53.2 Å². The molecule has 2 bridgehead atoms. The average Bonchev–Trinajstić information content (AvgIpc) is 3.58. The molecule has 3 aliphatic rings. The SMILES string of the molecule is O=C(O[C@H]1C[N+]2(CCCOc3ccc(F)cc3F)CCC1CC2)C(O)(c1cccs1)c1cccs1. The van der Waals surface area contributed by atoms with Crippen molar-refractivity contribution in [3.63, 3.8) is 0 Å². The Morgan fingerprint density at radius 2 is 1.77 bits per heavy atom. The Bertz CT molecular complexity index is 1110. The minimum Gasteiger partial charge on any atom is -0.490 e. The molecule has 35 heavy (non-hydrogen) atoms. The molecule has 2 aromatic heterocycles. The monoisotopic (exact) mass is 520 g/mol. The second-order valence-electron chi connectivity index (χ2n) is 9.42. The van der Waals surface area contributed by atoms with E-state index in [-0.39, 0.29) is 11.9 Å². The molecule has 6 rings (SSSR count). The molecule has 0 amide bonds. The molecule has 0 spiro atoms. The Kier molecular flexibility index (Phi) is 6.94. The number of hydrogen-bond acceptors (Lipinski definition) is 6. The molecule has 5 nitrogen and oxygen atoms in total. The Balaban J connectivity index is 1.22. The number of aliphatic hydroxyl groups is 1. The van der Waals surface area contributed by atoms with Crippen LogP contribution in [0.2, 0.25) is 0 Å². The molecule has 186 valence electrons. The number of piperidine rings is 3. The molecule has 3 fully saturated rings. The number of esters is 1. The highest BCUT2D eigenvalue weighted by molar-refractivity contribution is 7.12. The van der Waals surface area contributed by atoms with E-state index < -0.39 is 23.2 Å². The number of ether oxygens (including phenoxy) is 2. The lowest BCUT2D eigenvalue weighted by Crippen LogP contribution is -2.65. The summed E-state index contributed by atoms with van der Waals surface area (Å²) in [6, 6.07) is 10.5. The first-order valence-electron chi connectivity index (χ1n) is 11.8. The van der Waals surface area contributed by atoms with Crippen molar-refractivity contribution in [2.24, 2.45) is 5.92 Å². The van der Waals surface area contributed by atoms with Gasteiger partial charge >= 0.3 is 5.97 Å². The van der Waals surface area contributed by atoms with Gasteiger partial charge in [0.2, 0.25) is 5.60 Å². The van der Waals surface area contributed by atoms with Crippen molar-refractivity contribution < 1.29 is 32.6 Å². The van der Waals surface area contributed by atoms with Crippen molar-refractivity contribution in [3.05, 3.63) is 74.6 Å². The predicted molar refractivity (Wildman–Crippen MR) is 130 cm³/mol. The van der Waals surface area contributed by atoms with Crippen molar-refractivity contribution in [1.29, 1.82) is 0 Å². The molecule has 0 saturated carbocycles. The predicted octanol–water partition coefficient (Wildman–Crippen LogP) is 4.95. The molecule has 3 aromatic rings. The van der Waals surface area contributed by atoms with Gasteiger partial charge in [-0.25, -0.2) is 13.6 Å². The number of carbonyl (C=O) groups excluding carboxylic acids is 1. The largest absolute Gasteiger partial charge is 0.490 e. The fourth-order valence-electron chi connectivity index (χ4n) is 5.36. The van der Waals surface area contributed by atoms with Gasteiger partial charge < -0.3 is 19.1 Å². The van der Waals surface area contributed by atoms with Crippen LogP contribution in [0, 0.1) is 17.6 Å². The van der Waals surface area contributed by atoms with Gasteiger partial charge in [0.15, 0.2) is 17.7 Å². The van der Waals surface area contributed by atoms with Crippen molar-refractivity contribution >= 4 is 28.6 Å². The van der Waals surface area contributed by atoms with Crippen molar-refractivity contribution in [1.82, 2.24) is 0 Å². The van der Waals surface area contributed by atoms with Gasteiger partial charge in [-0.2, -0.15) is 0 Å². The molecule has 1 atom stereocenters. The topological polar surface area (TPSA) is 55.8 Å². The van der Waals surface area contributed by atoms with Gasteiger partial charge in [0.1, 0.15) is 12.4 Å². The first-order chi connectivity index (χ1) is 16.9. The summed E-state index contributed by atoms with van der Waals surface area (Å²) in [6.45, 7) is 3.86. The molecule has 5 heterocycles. The van der Waals surface area contributed by atoms with Gasteiger partial charge in [-0.05, 0) is 35.0 Å². The van der Waals surface area contributed by atoms with Gasteiger partial charge in [-0.1, -0.05) is 12.1 Å². The van der Waals surface area contributed by atoms with E-state index in [2.05, 4.69) is 0 Å². The summed E-state index contributed by atoms with van der Waals surface area (Å²) in [7, 11) is 0. The third-order valence-electron chi connectivity index (χ3n) is 7.28. The van der Waals surface area contributed by atoms with E-state index in [1.54, 1.807) is 12.1 Å². The average molecular weight is 521 g/mol. The van der Waals surface area contributed by atoms with Gasteiger partial charge in [-0.15, -0.1) is 22.7 Å². The minimum atomic E-state index is -1.80. The van der Waals surface area contributed by atoms with E-state index in [1.807, 2.05) is 22.9 Å². The van der Waals surface area contributed by atoms with Crippen LogP contribution in [-0.4, -0.2) is 54.4 Å². The molecule has 1 aromatic carbocycles. The van der Waals surface area contributed by atoms with Crippen LogP contribution in [0.1, 0.15) is 29.0 Å². The Morgan fingerprint density at radius 3 is 2.37 bits per heavy atom. The number of hydrogen-bond donors (Lipinski definition) is 1. The fraction of sp³-hybridized carbons (Fsp3) is 0.423. The number of fused-ring (bicyclic) bond motifs is 3. The van der Waals surface area contributed by atoms with Gasteiger partial charge in [0.05, 0.1) is 36.0 Å². The van der Waals surface area contributed by atoms with Crippen LogP contribution in [-0.2, 0) is 15.1 Å². The number of rotatable bonds is 9. The molecule has 1 N–H and O–H groups in total. The fourth-order valence-corrected chi connectivity index (χ4v) is 7.07. The zero-order valence-electron chi connectivity index (χ0n) is 19.2. The van der Waals surface area contributed by atoms with E-state index in [0.29, 0.717) is 35.2 Å². The maximum absolute atomic E-state index is 13.8. The van der Waals surface area contributed by atoms with E-state index in [4.69, 9.17) is 9.47 Å². The van der Waals surface area contributed by atoms with Crippen LogP contribution in [0.5, 0.6) is 5.75 Å². The lowest BCUT2D eigenvalue weighted by atomic mass is 9.83. The summed E-state index contributed by atoms with van der Waals surface area (Å²) in [5.74, 6) is -1.60. The second-order valence-corrected chi connectivity index (χ2v) is 11.3. The van der Waals surface area contributed by atoms with E-state index >= 15 is 0 Å². The number of halogens is 2. The van der Waals surface area contributed by atoms with E-state index in [0.717, 1.165) is 43.0 Å². The third kappa shape index (κ3) is 4.87. The molecule has 9 heteroatoms.